The topological polar surface area (TPSA) is 30.3 Å². The summed E-state index contributed by atoms with van der Waals surface area (Å²) >= 11 is 0. The minimum atomic E-state index is 0.879. The van der Waals surface area contributed by atoms with E-state index in [0.717, 1.165) is 17.7 Å². The van der Waals surface area contributed by atoms with Crippen molar-refractivity contribution in [3.63, 3.8) is 0 Å². The molecule has 0 N–H and O–H groups in total. The minimum Gasteiger partial charge on any atom is -0.279 e. The van der Waals surface area contributed by atoms with Crippen LogP contribution in [0.3, 0.4) is 0 Å². The maximum absolute atomic E-state index is 9.08. The molecule has 0 heterocycles. The summed E-state index contributed by atoms with van der Waals surface area (Å²) < 4.78 is 0. The molecular weight excluding hydrogens is 234 g/mol. The smallest absolute Gasteiger partial charge is 0.199 e. The average molecular weight is 251 g/mol. The fourth-order valence-corrected chi connectivity index (χ4v) is 2.08. The van der Waals surface area contributed by atoms with E-state index in [2.05, 4.69) is 30.5 Å². The van der Waals surface area contributed by atoms with E-state index in [1.165, 1.54) is 10.6 Å². The second-order valence-corrected chi connectivity index (χ2v) is 4.38. The fourth-order valence-electron chi connectivity index (χ4n) is 2.08. The summed E-state index contributed by atoms with van der Waals surface area (Å²) in [5, 5.41) is 12.5. The molecule has 0 amide bonds. The van der Waals surface area contributed by atoms with E-state index >= 15 is 0 Å². The van der Waals surface area contributed by atoms with Gasteiger partial charge in [-0.15, -0.1) is 0 Å². The van der Waals surface area contributed by atoms with Crippen molar-refractivity contribution in [2.24, 2.45) is 0 Å². The Morgan fingerprint density at radius 3 is 2.47 bits per heavy atom. The summed E-state index contributed by atoms with van der Waals surface area (Å²) in [6.45, 7) is 0. The van der Waals surface area contributed by atoms with Crippen molar-refractivity contribution in [1.29, 1.82) is 5.26 Å². The highest BCUT2D eigenvalue weighted by Gasteiger charge is 2.15. The standard InChI is InChI=1S/C16H17N3/c1-18(13-17)19(2)16(14-9-5-3-6-10-14)15-11-7-4-8-12-15/h3-11H,12H2,1-2H3/b16-15-. The average Bonchev–Trinajstić information content (AvgIpc) is 2.49. The normalized spacial score (nSPS) is 15.8. The molecule has 0 atom stereocenters. The Morgan fingerprint density at radius 2 is 1.89 bits per heavy atom. The number of hydrogen-bond acceptors (Lipinski definition) is 3. The van der Waals surface area contributed by atoms with E-state index in [1.807, 2.05) is 42.4 Å². The molecule has 0 saturated carbocycles. The van der Waals surface area contributed by atoms with Crippen molar-refractivity contribution in [1.82, 2.24) is 10.0 Å². The largest absolute Gasteiger partial charge is 0.279 e. The van der Waals surface area contributed by atoms with Crippen LogP contribution in [0.25, 0.3) is 5.70 Å². The third kappa shape index (κ3) is 2.86. The van der Waals surface area contributed by atoms with Gasteiger partial charge in [0.15, 0.2) is 6.19 Å². The van der Waals surface area contributed by atoms with Gasteiger partial charge in [0.05, 0.1) is 5.70 Å². The first-order valence-corrected chi connectivity index (χ1v) is 6.23. The van der Waals surface area contributed by atoms with Crippen LogP contribution in [0.2, 0.25) is 0 Å². The van der Waals surface area contributed by atoms with E-state index in [0.29, 0.717) is 0 Å². The van der Waals surface area contributed by atoms with Gasteiger partial charge in [0, 0.05) is 14.1 Å². The van der Waals surface area contributed by atoms with Crippen LogP contribution in [0.1, 0.15) is 12.0 Å². The zero-order valence-electron chi connectivity index (χ0n) is 11.2. The second-order valence-electron chi connectivity index (χ2n) is 4.38. The number of benzene rings is 1. The zero-order valence-corrected chi connectivity index (χ0v) is 11.2. The monoisotopic (exact) mass is 251 g/mol. The van der Waals surface area contributed by atoms with Gasteiger partial charge in [-0.1, -0.05) is 54.6 Å². The molecule has 1 aromatic carbocycles. The van der Waals surface area contributed by atoms with Crippen LogP contribution in [0.4, 0.5) is 0 Å². The van der Waals surface area contributed by atoms with Crippen molar-refractivity contribution in [2.75, 3.05) is 14.1 Å². The Balaban J connectivity index is 2.49. The number of hydrogen-bond donors (Lipinski definition) is 0. The molecule has 19 heavy (non-hydrogen) atoms. The summed E-state index contributed by atoms with van der Waals surface area (Å²) in [4.78, 5) is 0. The van der Waals surface area contributed by atoms with Gasteiger partial charge in [-0.05, 0) is 17.6 Å². The van der Waals surface area contributed by atoms with Gasteiger partial charge in [-0.2, -0.15) is 5.26 Å². The fraction of sp³-hybridized carbons (Fsp3) is 0.188. The molecule has 96 valence electrons. The van der Waals surface area contributed by atoms with Gasteiger partial charge >= 0.3 is 0 Å². The van der Waals surface area contributed by atoms with Crippen LogP contribution >= 0.6 is 0 Å². The third-order valence-corrected chi connectivity index (χ3v) is 3.15. The van der Waals surface area contributed by atoms with Gasteiger partial charge in [-0.3, -0.25) is 5.01 Å². The highest BCUT2D eigenvalue weighted by atomic mass is 15.6. The van der Waals surface area contributed by atoms with Gasteiger partial charge in [0.25, 0.3) is 0 Å². The maximum atomic E-state index is 9.08. The van der Waals surface area contributed by atoms with Crippen molar-refractivity contribution >= 4 is 5.70 Å². The highest BCUT2D eigenvalue weighted by molar-refractivity contribution is 5.70. The van der Waals surface area contributed by atoms with E-state index in [4.69, 9.17) is 5.26 Å². The predicted octanol–water partition coefficient (Wildman–Crippen LogP) is 3.17. The lowest BCUT2D eigenvalue weighted by Crippen LogP contribution is -2.32. The molecular formula is C16H17N3. The molecule has 1 aromatic rings. The number of hydrazine groups is 1. The Kier molecular flexibility index (Phi) is 4.04. The summed E-state index contributed by atoms with van der Waals surface area (Å²) in [7, 11) is 3.66. The summed E-state index contributed by atoms with van der Waals surface area (Å²) in [5.41, 5.74) is 3.38. The molecule has 0 aliphatic heterocycles. The summed E-state index contributed by atoms with van der Waals surface area (Å²) in [6, 6.07) is 10.2. The van der Waals surface area contributed by atoms with Crippen molar-refractivity contribution < 1.29 is 0 Å². The molecule has 0 unspecified atom stereocenters. The molecule has 0 spiro atoms. The lowest BCUT2D eigenvalue weighted by molar-refractivity contribution is 0.171. The minimum absolute atomic E-state index is 0.879. The van der Waals surface area contributed by atoms with Crippen LogP contribution in [0, 0.1) is 11.5 Å². The van der Waals surface area contributed by atoms with Gasteiger partial charge < -0.3 is 0 Å². The lowest BCUT2D eigenvalue weighted by atomic mass is 10.0. The van der Waals surface area contributed by atoms with Gasteiger partial charge in [0.2, 0.25) is 0 Å². The van der Waals surface area contributed by atoms with Crippen LogP contribution in [-0.4, -0.2) is 24.1 Å². The Hall–Kier alpha value is -2.47. The van der Waals surface area contributed by atoms with E-state index in [-0.39, 0.29) is 0 Å². The van der Waals surface area contributed by atoms with Crippen LogP contribution in [-0.2, 0) is 0 Å². The molecule has 3 nitrogen and oxygen atoms in total. The molecule has 0 aromatic heterocycles. The Labute approximate surface area is 114 Å². The van der Waals surface area contributed by atoms with E-state index in [9.17, 15) is 0 Å². The van der Waals surface area contributed by atoms with Crippen LogP contribution in [0.15, 0.2) is 60.2 Å². The predicted molar refractivity (Wildman–Crippen MR) is 77.4 cm³/mol. The molecule has 1 aliphatic carbocycles. The third-order valence-electron chi connectivity index (χ3n) is 3.15. The number of nitriles is 1. The first kappa shape index (κ1) is 13.0. The van der Waals surface area contributed by atoms with Gasteiger partial charge in [0.1, 0.15) is 0 Å². The van der Waals surface area contributed by atoms with Crippen LogP contribution < -0.4 is 0 Å². The first-order chi connectivity index (χ1) is 9.24. The quantitative estimate of drug-likeness (QED) is 0.469. The molecule has 0 radical (unpaired) electrons. The van der Waals surface area contributed by atoms with Crippen molar-refractivity contribution in [3.05, 3.63) is 65.8 Å². The highest BCUT2D eigenvalue weighted by Crippen LogP contribution is 2.27. The maximum Gasteiger partial charge on any atom is 0.199 e. The Bertz CT molecular complexity index is 561. The molecule has 0 fully saturated rings. The first-order valence-electron chi connectivity index (χ1n) is 6.23. The van der Waals surface area contributed by atoms with Crippen molar-refractivity contribution in [2.45, 2.75) is 6.42 Å². The van der Waals surface area contributed by atoms with E-state index < -0.39 is 0 Å². The second kappa shape index (κ2) is 5.92. The summed E-state index contributed by atoms with van der Waals surface area (Å²) in [6.07, 6.45) is 11.3. The molecule has 0 saturated heterocycles. The zero-order chi connectivity index (χ0) is 13.7. The Morgan fingerprint density at radius 1 is 1.16 bits per heavy atom. The number of nitrogens with zero attached hydrogens (tertiary/aromatic N) is 3. The molecule has 3 heteroatoms. The molecule has 0 bridgehead atoms. The summed E-state index contributed by atoms with van der Waals surface area (Å²) in [5.74, 6) is 0. The van der Waals surface area contributed by atoms with Crippen molar-refractivity contribution in [3.8, 4) is 6.19 Å². The van der Waals surface area contributed by atoms with Gasteiger partial charge in [-0.25, -0.2) is 5.01 Å². The molecule has 1 aliphatic rings. The number of rotatable bonds is 3. The SMILES string of the molecule is CN(C#N)N(C)/C(=C1/C=CC=CC1)c1ccccc1. The lowest BCUT2D eigenvalue weighted by Gasteiger charge is -2.30. The molecule has 2 rings (SSSR count). The van der Waals surface area contributed by atoms with E-state index in [1.54, 1.807) is 7.05 Å². The number of allylic oxidation sites excluding steroid dienone is 5. The van der Waals surface area contributed by atoms with Crippen LogP contribution in [0.5, 0.6) is 0 Å².